The van der Waals surface area contributed by atoms with Gasteiger partial charge < -0.3 is 20.7 Å². The van der Waals surface area contributed by atoms with Gasteiger partial charge in [-0.25, -0.2) is 13.8 Å². The highest BCUT2D eigenvalue weighted by molar-refractivity contribution is 5.96. The number of ether oxygens (including phenoxy) is 1. The van der Waals surface area contributed by atoms with E-state index >= 15 is 0 Å². The summed E-state index contributed by atoms with van der Waals surface area (Å²) in [6, 6.07) is 0.552. The van der Waals surface area contributed by atoms with E-state index in [-0.39, 0.29) is 5.69 Å². The first kappa shape index (κ1) is 20.3. The average Bonchev–Trinajstić information content (AvgIpc) is 3.38. The molecular formula is C19H26F2N4O3. The quantitative estimate of drug-likeness (QED) is 0.734. The van der Waals surface area contributed by atoms with Crippen LogP contribution in [0.4, 0.5) is 14.5 Å². The fourth-order valence-electron chi connectivity index (χ4n) is 3.00. The highest BCUT2D eigenvalue weighted by atomic mass is 19.3. The molecule has 1 aliphatic carbocycles. The van der Waals surface area contributed by atoms with Crippen LogP contribution in [0, 0.1) is 11.3 Å². The topological polar surface area (TPSA) is 97.6 Å². The third kappa shape index (κ3) is 4.69. The lowest BCUT2D eigenvalue weighted by Gasteiger charge is -2.40. The molecule has 154 valence electrons. The number of pyridine rings is 1. The van der Waals surface area contributed by atoms with Crippen molar-refractivity contribution in [1.82, 2.24) is 10.3 Å². The number of nitrogens with one attached hydrogen (secondary N) is 1. The van der Waals surface area contributed by atoms with Crippen LogP contribution in [0.3, 0.4) is 0 Å². The second kappa shape index (κ2) is 7.18. The molecule has 1 atom stereocenters. The summed E-state index contributed by atoms with van der Waals surface area (Å²) < 4.78 is 32.3. The van der Waals surface area contributed by atoms with Gasteiger partial charge in [0.1, 0.15) is 17.5 Å². The van der Waals surface area contributed by atoms with Gasteiger partial charge in [0.2, 0.25) is 5.91 Å². The van der Waals surface area contributed by atoms with E-state index in [2.05, 4.69) is 10.3 Å². The lowest BCUT2D eigenvalue weighted by molar-refractivity contribution is -0.122. The van der Waals surface area contributed by atoms with Gasteiger partial charge in [-0.1, -0.05) is 20.8 Å². The summed E-state index contributed by atoms with van der Waals surface area (Å²) >= 11 is 0. The molecule has 7 nitrogen and oxygen atoms in total. The van der Waals surface area contributed by atoms with Gasteiger partial charge in [-0.3, -0.25) is 9.59 Å². The third-order valence-corrected chi connectivity index (χ3v) is 4.86. The smallest absolute Gasteiger partial charge is 0.282 e. The van der Waals surface area contributed by atoms with Crippen molar-refractivity contribution in [3.63, 3.8) is 0 Å². The monoisotopic (exact) mass is 396 g/mol. The van der Waals surface area contributed by atoms with Gasteiger partial charge in [0, 0.05) is 6.07 Å². The fraction of sp³-hybridized carbons (Fsp3) is 0.632. The first-order valence-electron chi connectivity index (χ1n) is 9.32. The van der Waals surface area contributed by atoms with E-state index < -0.39 is 42.3 Å². The van der Waals surface area contributed by atoms with Gasteiger partial charge in [-0.15, -0.1) is 0 Å². The number of rotatable bonds is 7. The SMILES string of the molecule is CC(C)(C)[C@H](NC(=O)c1cc(OCC2CC2)c(N2CC(F)(F)C2)cn1)C(N)=O. The Balaban J connectivity index is 1.79. The summed E-state index contributed by atoms with van der Waals surface area (Å²) in [7, 11) is 0. The number of hydrogen-bond donors (Lipinski definition) is 2. The van der Waals surface area contributed by atoms with Gasteiger partial charge in [-0.05, 0) is 24.2 Å². The molecule has 3 N–H and O–H groups in total. The number of alkyl halides is 2. The van der Waals surface area contributed by atoms with Gasteiger partial charge in [0.25, 0.3) is 11.8 Å². The Morgan fingerprint density at radius 3 is 2.54 bits per heavy atom. The minimum absolute atomic E-state index is 0.0392. The Morgan fingerprint density at radius 2 is 2.04 bits per heavy atom. The second-order valence-electron chi connectivity index (χ2n) is 8.68. The number of carbonyl (C=O) groups excluding carboxylic acids is 2. The molecule has 1 saturated carbocycles. The van der Waals surface area contributed by atoms with Crippen molar-refractivity contribution >= 4 is 17.5 Å². The molecule has 3 rings (SSSR count). The second-order valence-corrected chi connectivity index (χ2v) is 8.68. The molecule has 2 amide bonds. The molecule has 9 heteroatoms. The van der Waals surface area contributed by atoms with Crippen LogP contribution in [0.1, 0.15) is 44.1 Å². The summed E-state index contributed by atoms with van der Waals surface area (Å²) in [4.78, 5) is 29.9. The molecule has 1 saturated heterocycles. The number of nitrogens with zero attached hydrogens (tertiary/aromatic N) is 2. The van der Waals surface area contributed by atoms with E-state index in [0.717, 1.165) is 12.8 Å². The Labute approximate surface area is 162 Å². The molecule has 0 bridgehead atoms. The zero-order chi connectivity index (χ0) is 20.7. The lowest BCUT2D eigenvalue weighted by atomic mass is 9.86. The number of hydrogen-bond acceptors (Lipinski definition) is 5. The number of nitrogens with two attached hydrogens (primary N) is 1. The summed E-state index contributed by atoms with van der Waals surface area (Å²) in [6.45, 7) is 5.00. The van der Waals surface area contributed by atoms with Crippen molar-refractivity contribution in [3.05, 3.63) is 18.0 Å². The van der Waals surface area contributed by atoms with E-state index in [1.807, 2.05) is 0 Å². The molecule has 1 aromatic heterocycles. The molecule has 2 aliphatic rings. The van der Waals surface area contributed by atoms with Crippen LogP contribution in [-0.2, 0) is 4.79 Å². The van der Waals surface area contributed by atoms with Gasteiger partial charge in [-0.2, -0.15) is 0 Å². The predicted octanol–water partition coefficient (Wildman–Crippen LogP) is 1.96. The molecule has 0 unspecified atom stereocenters. The molecule has 0 aromatic carbocycles. The van der Waals surface area contributed by atoms with Crippen LogP contribution in [0.15, 0.2) is 12.3 Å². The number of amides is 2. The zero-order valence-electron chi connectivity index (χ0n) is 16.3. The fourth-order valence-corrected chi connectivity index (χ4v) is 3.00. The maximum absolute atomic E-state index is 13.3. The van der Waals surface area contributed by atoms with Crippen LogP contribution in [-0.4, -0.2) is 48.5 Å². The van der Waals surface area contributed by atoms with Gasteiger partial charge in [0.05, 0.1) is 31.6 Å². The minimum atomic E-state index is -2.73. The van der Waals surface area contributed by atoms with Crippen molar-refractivity contribution in [1.29, 1.82) is 0 Å². The molecule has 1 aromatic rings. The van der Waals surface area contributed by atoms with E-state index in [0.29, 0.717) is 24.0 Å². The zero-order valence-corrected chi connectivity index (χ0v) is 16.3. The van der Waals surface area contributed by atoms with Crippen molar-refractivity contribution in [2.24, 2.45) is 17.1 Å². The number of anilines is 1. The van der Waals surface area contributed by atoms with E-state index in [9.17, 15) is 18.4 Å². The maximum atomic E-state index is 13.3. The molecule has 2 heterocycles. The van der Waals surface area contributed by atoms with E-state index in [1.54, 1.807) is 20.8 Å². The highest BCUT2D eigenvalue weighted by Gasteiger charge is 2.45. The molecule has 0 spiro atoms. The summed E-state index contributed by atoms with van der Waals surface area (Å²) in [5, 5.41) is 2.60. The van der Waals surface area contributed by atoms with Crippen LogP contribution in [0.25, 0.3) is 0 Å². The minimum Gasteiger partial charge on any atom is -0.491 e. The van der Waals surface area contributed by atoms with Crippen molar-refractivity contribution < 1.29 is 23.1 Å². The normalized spacial score (nSPS) is 19.5. The van der Waals surface area contributed by atoms with Crippen LogP contribution >= 0.6 is 0 Å². The van der Waals surface area contributed by atoms with Crippen molar-refractivity contribution in [2.45, 2.75) is 45.6 Å². The number of halogens is 2. The lowest BCUT2D eigenvalue weighted by Crippen LogP contribution is -2.56. The van der Waals surface area contributed by atoms with Crippen LogP contribution < -0.4 is 20.7 Å². The predicted molar refractivity (Wildman–Crippen MR) is 99.5 cm³/mol. The molecule has 2 fully saturated rings. The third-order valence-electron chi connectivity index (χ3n) is 4.86. The molecular weight excluding hydrogens is 370 g/mol. The maximum Gasteiger partial charge on any atom is 0.282 e. The largest absolute Gasteiger partial charge is 0.491 e. The molecule has 28 heavy (non-hydrogen) atoms. The summed E-state index contributed by atoms with van der Waals surface area (Å²) in [5.41, 5.74) is 5.31. The van der Waals surface area contributed by atoms with E-state index in [4.69, 9.17) is 10.5 Å². The van der Waals surface area contributed by atoms with Crippen molar-refractivity contribution in [2.75, 3.05) is 24.6 Å². The number of aromatic nitrogens is 1. The van der Waals surface area contributed by atoms with E-state index in [1.165, 1.54) is 17.2 Å². The van der Waals surface area contributed by atoms with Gasteiger partial charge >= 0.3 is 0 Å². The Bertz CT molecular complexity index is 767. The number of primary amides is 1. The highest BCUT2D eigenvalue weighted by Crippen LogP contribution is 2.38. The summed E-state index contributed by atoms with van der Waals surface area (Å²) in [6.07, 6.45) is 3.51. The molecule has 0 radical (unpaired) electrons. The summed E-state index contributed by atoms with van der Waals surface area (Å²) in [5.74, 6) is -3.16. The first-order valence-corrected chi connectivity index (χ1v) is 9.32. The van der Waals surface area contributed by atoms with Crippen LogP contribution in [0.5, 0.6) is 5.75 Å². The number of carbonyl (C=O) groups is 2. The Morgan fingerprint density at radius 1 is 1.39 bits per heavy atom. The average molecular weight is 396 g/mol. The Hall–Kier alpha value is -2.45. The van der Waals surface area contributed by atoms with Crippen LogP contribution in [0.2, 0.25) is 0 Å². The first-order chi connectivity index (χ1) is 13.0. The molecule has 1 aliphatic heterocycles. The standard InChI is InChI=1S/C19H26F2N4O3/c1-18(2,3)15(16(22)26)24-17(27)12-6-14(28-8-11-4-5-11)13(7-23-12)25-9-19(20,21)10-25/h6-7,11,15H,4-5,8-10H2,1-3H3,(H2,22,26)(H,24,27)/t15-/m1/s1. The van der Waals surface area contributed by atoms with Crippen molar-refractivity contribution in [3.8, 4) is 5.75 Å². The Kier molecular flexibility index (Phi) is 5.20. The van der Waals surface area contributed by atoms with Gasteiger partial charge in [0.15, 0.2) is 0 Å².